The molecule has 1 spiro atoms. The van der Waals surface area contributed by atoms with Gasteiger partial charge in [0, 0.05) is 18.8 Å². The van der Waals surface area contributed by atoms with Gasteiger partial charge < -0.3 is 10.6 Å². The van der Waals surface area contributed by atoms with Gasteiger partial charge in [-0.3, -0.25) is 14.5 Å². The number of nitrogens with one attached hydrogen (secondary N) is 2. The van der Waals surface area contributed by atoms with Gasteiger partial charge in [-0.15, -0.1) is 0 Å². The zero-order chi connectivity index (χ0) is 22.8. The van der Waals surface area contributed by atoms with E-state index in [9.17, 15) is 22.8 Å². The molecule has 4 rings (SSSR count). The van der Waals surface area contributed by atoms with E-state index in [-0.39, 0.29) is 10.8 Å². The molecule has 1 aliphatic carbocycles. The predicted octanol–water partition coefficient (Wildman–Crippen LogP) is 2.44. The Kier molecular flexibility index (Phi) is 6.52. The van der Waals surface area contributed by atoms with Crippen LogP contribution in [0.3, 0.4) is 0 Å². The Labute approximate surface area is 188 Å². The summed E-state index contributed by atoms with van der Waals surface area (Å²) in [7, 11) is -3.61. The molecule has 10 heteroatoms. The number of sulfonamides is 1. The van der Waals surface area contributed by atoms with Crippen molar-refractivity contribution in [2.45, 2.75) is 68.2 Å². The number of benzene rings is 1. The maximum atomic E-state index is 13.1. The van der Waals surface area contributed by atoms with Crippen LogP contribution in [0.5, 0.6) is 0 Å². The number of imide groups is 1. The molecular weight excluding hydrogens is 432 g/mol. The van der Waals surface area contributed by atoms with Gasteiger partial charge in [0.15, 0.2) is 0 Å². The number of urea groups is 1. The van der Waals surface area contributed by atoms with Crippen LogP contribution in [0.2, 0.25) is 0 Å². The summed E-state index contributed by atoms with van der Waals surface area (Å²) in [4.78, 5) is 39.3. The zero-order valence-corrected chi connectivity index (χ0v) is 19.0. The summed E-state index contributed by atoms with van der Waals surface area (Å²) in [5, 5.41) is 5.47. The van der Waals surface area contributed by atoms with Gasteiger partial charge in [0.05, 0.1) is 4.90 Å². The largest absolute Gasteiger partial charge is 0.325 e. The molecule has 2 N–H and O–H groups in total. The van der Waals surface area contributed by atoms with Crippen molar-refractivity contribution in [1.82, 2.24) is 14.5 Å². The Balaban J connectivity index is 1.43. The minimum atomic E-state index is -3.61. The third kappa shape index (κ3) is 4.52. The topological polar surface area (TPSA) is 116 Å². The third-order valence-electron chi connectivity index (χ3n) is 6.58. The predicted molar refractivity (Wildman–Crippen MR) is 118 cm³/mol. The van der Waals surface area contributed by atoms with Crippen LogP contribution in [-0.4, -0.2) is 60.6 Å². The van der Waals surface area contributed by atoms with E-state index in [1.165, 1.54) is 16.4 Å². The fraction of sp³-hybridized carbons (Fsp3) is 0.591. The molecule has 3 fully saturated rings. The lowest BCUT2D eigenvalue weighted by Gasteiger charge is -2.28. The molecule has 1 aromatic rings. The van der Waals surface area contributed by atoms with E-state index in [4.69, 9.17) is 0 Å². The molecule has 0 unspecified atom stereocenters. The van der Waals surface area contributed by atoms with Gasteiger partial charge in [0.25, 0.3) is 5.91 Å². The molecule has 9 nitrogen and oxygen atoms in total. The second-order valence-corrected chi connectivity index (χ2v) is 10.8. The van der Waals surface area contributed by atoms with Gasteiger partial charge in [-0.25, -0.2) is 13.2 Å². The maximum Gasteiger partial charge on any atom is 0.325 e. The van der Waals surface area contributed by atoms with E-state index in [0.717, 1.165) is 49.8 Å². The summed E-state index contributed by atoms with van der Waals surface area (Å²) >= 11 is 0. The highest BCUT2D eigenvalue weighted by molar-refractivity contribution is 7.89. The fourth-order valence-electron chi connectivity index (χ4n) is 4.82. The van der Waals surface area contributed by atoms with E-state index >= 15 is 0 Å². The number of hydrogen-bond donors (Lipinski definition) is 2. The maximum absolute atomic E-state index is 13.1. The first-order valence-electron chi connectivity index (χ1n) is 11.4. The molecule has 0 radical (unpaired) electrons. The molecule has 0 atom stereocenters. The standard InChI is InChI=1S/C22H30N4O5S/c27-19(16-26-20(28)22(24-21(26)29)11-4-2-1-3-5-12-22)23-17-9-8-10-18(15-17)32(30,31)25-13-6-7-14-25/h8-10,15H,1-7,11-14,16H2,(H,23,27)(H,24,29). The highest BCUT2D eigenvalue weighted by Gasteiger charge is 2.50. The Morgan fingerprint density at radius 1 is 1.00 bits per heavy atom. The van der Waals surface area contributed by atoms with Crippen molar-refractivity contribution in [3.8, 4) is 0 Å². The molecule has 1 saturated carbocycles. The first kappa shape index (κ1) is 22.7. The molecule has 2 heterocycles. The molecule has 3 aliphatic rings. The van der Waals surface area contributed by atoms with Crippen LogP contribution in [0.1, 0.15) is 57.8 Å². The summed E-state index contributed by atoms with van der Waals surface area (Å²) in [6.45, 7) is 0.579. The highest BCUT2D eigenvalue weighted by atomic mass is 32.2. The van der Waals surface area contributed by atoms with Crippen LogP contribution < -0.4 is 10.6 Å². The molecule has 0 bridgehead atoms. The van der Waals surface area contributed by atoms with Crippen molar-refractivity contribution in [2.24, 2.45) is 0 Å². The lowest BCUT2D eigenvalue weighted by molar-refractivity contribution is -0.134. The van der Waals surface area contributed by atoms with Crippen molar-refractivity contribution >= 4 is 33.6 Å². The summed E-state index contributed by atoms with van der Waals surface area (Å²) in [5.41, 5.74) is -0.593. The number of rotatable bonds is 5. The number of hydrogen-bond acceptors (Lipinski definition) is 5. The number of anilines is 1. The SMILES string of the molecule is O=C(CN1C(=O)NC2(CCCCCCC2)C1=O)Nc1cccc(S(=O)(=O)N2CCCC2)c1. The van der Waals surface area contributed by atoms with Gasteiger partial charge in [0.1, 0.15) is 12.1 Å². The summed E-state index contributed by atoms with van der Waals surface area (Å²) < 4.78 is 27.0. The Morgan fingerprint density at radius 3 is 2.34 bits per heavy atom. The van der Waals surface area contributed by atoms with Crippen LogP contribution in [-0.2, 0) is 19.6 Å². The van der Waals surface area contributed by atoms with Crippen molar-refractivity contribution in [3.05, 3.63) is 24.3 Å². The molecule has 2 aliphatic heterocycles. The first-order valence-corrected chi connectivity index (χ1v) is 12.8. The van der Waals surface area contributed by atoms with E-state index in [1.807, 2.05) is 0 Å². The molecule has 2 saturated heterocycles. The number of nitrogens with zero attached hydrogens (tertiary/aromatic N) is 2. The molecule has 0 aromatic heterocycles. The average molecular weight is 463 g/mol. The second kappa shape index (κ2) is 9.19. The van der Waals surface area contributed by atoms with Crippen LogP contribution >= 0.6 is 0 Å². The zero-order valence-electron chi connectivity index (χ0n) is 18.1. The monoisotopic (exact) mass is 462 g/mol. The van der Waals surface area contributed by atoms with Crippen LogP contribution in [0, 0.1) is 0 Å². The summed E-state index contributed by atoms with van der Waals surface area (Å²) in [6, 6.07) is 5.52. The van der Waals surface area contributed by atoms with Crippen LogP contribution in [0.15, 0.2) is 29.2 Å². The lowest BCUT2D eigenvalue weighted by Crippen LogP contribution is -2.47. The average Bonchev–Trinajstić information content (AvgIpc) is 3.36. The van der Waals surface area contributed by atoms with Gasteiger partial charge in [-0.05, 0) is 43.9 Å². The molecule has 174 valence electrons. The molecule has 32 heavy (non-hydrogen) atoms. The normalized spacial score (nSPS) is 21.9. The van der Waals surface area contributed by atoms with Gasteiger partial charge in [0.2, 0.25) is 15.9 Å². The van der Waals surface area contributed by atoms with Crippen molar-refractivity contribution in [1.29, 1.82) is 0 Å². The smallest absolute Gasteiger partial charge is 0.324 e. The quantitative estimate of drug-likeness (QED) is 0.652. The van der Waals surface area contributed by atoms with Crippen molar-refractivity contribution < 1.29 is 22.8 Å². The van der Waals surface area contributed by atoms with Crippen molar-refractivity contribution in [3.63, 3.8) is 0 Å². The van der Waals surface area contributed by atoms with Crippen LogP contribution in [0.25, 0.3) is 0 Å². The Bertz CT molecular complexity index is 995. The van der Waals surface area contributed by atoms with Gasteiger partial charge >= 0.3 is 6.03 Å². The van der Waals surface area contributed by atoms with Crippen LogP contribution in [0.4, 0.5) is 10.5 Å². The lowest BCUT2D eigenvalue weighted by atomic mass is 9.84. The van der Waals surface area contributed by atoms with Gasteiger partial charge in [-0.2, -0.15) is 4.31 Å². The molecule has 4 amide bonds. The van der Waals surface area contributed by atoms with E-state index in [0.29, 0.717) is 31.6 Å². The highest BCUT2D eigenvalue weighted by Crippen LogP contribution is 2.32. The van der Waals surface area contributed by atoms with E-state index in [2.05, 4.69) is 10.6 Å². The molecular formula is C22H30N4O5S. The second-order valence-electron chi connectivity index (χ2n) is 8.86. The Hall–Kier alpha value is -2.46. The number of amides is 4. The first-order chi connectivity index (χ1) is 15.3. The minimum Gasteiger partial charge on any atom is -0.324 e. The van der Waals surface area contributed by atoms with Gasteiger partial charge in [-0.1, -0.05) is 38.2 Å². The van der Waals surface area contributed by atoms with E-state index < -0.39 is 34.0 Å². The molecule has 1 aromatic carbocycles. The summed E-state index contributed by atoms with van der Waals surface area (Å²) in [5.74, 6) is -0.892. The minimum absolute atomic E-state index is 0.112. The fourth-order valence-corrected chi connectivity index (χ4v) is 6.39. The third-order valence-corrected chi connectivity index (χ3v) is 8.47. The summed E-state index contributed by atoms with van der Waals surface area (Å²) in [6.07, 6.45) is 7.78. The van der Waals surface area contributed by atoms with Crippen molar-refractivity contribution in [2.75, 3.05) is 25.0 Å². The number of carbonyl (C=O) groups excluding carboxylic acids is 3. The van der Waals surface area contributed by atoms with E-state index in [1.54, 1.807) is 12.1 Å². The number of carbonyl (C=O) groups is 3. The Morgan fingerprint density at radius 2 is 1.66 bits per heavy atom.